The fourth-order valence-corrected chi connectivity index (χ4v) is 3.24. The molecule has 1 saturated heterocycles. The Morgan fingerprint density at radius 2 is 2.04 bits per heavy atom. The van der Waals surface area contributed by atoms with E-state index in [-0.39, 0.29) is 18.1 Å². The molecule has 156 valence electrons. The van der Waals surface area contributed by atoms with Crippen LogP contribution < -0.4 is 9.64 Å². The van der Waals surface area contributed by atoms with Gasteiger partial charge in [-0.25, -0.2) is 0 Å². The van der Waals surface area contributed by atoms with Crippen LogP contribution >= 0.6 is 0 Å². The molecule has 6 nitrogen and oxygen atoms in total. The summed E-state index contributed by atoms with van der Waals surface area (Å²) < 4.78 is 11.9. The first-order valence-corrected chi connectivity index (χ1v) is 9.97. The zero-order chi connectivity index (χ0) is 20.9. The number of benzene rings is 1. The number of aryl methyl sites for hydroxylation is 1. The molecule has 0 aliphatic carbocycles. The number of aliphatic carboxylic acids is 1. The van der Waals surface area contributed by atoms with E-state index in [2.05, 4.69) is 4.90 Å². The topological polar surface area (TPSA) is 76.1 Å². The molecule has 0 bridgehead atoms. The number of nitrogens with zero attached hydrogens (tertiary/aromatic N) is 1. The van der Waals surface area contributed by atoms with Crippen LogP contribution in [0.15, 0.2) is 18.2 Å². The Kier molecular flexibility index (Phi) is 7.10. The van der Waals surface area contributed by atoms with Gasteiger partial charge in [-0.2, -0.15) is 0 Å². The Balaban J connectivity index is 2.24. The highest BCUT2D eigenvalue weighted by Gasteiger charge is 2.31. The summed E-state index contributed by atoms with van der Waals surface area (Å²) in [4.78, 5) is 25.2. The normalized spacial score (nSPS) is 19.8. The third-order valence-corrected chi connectivity index (χ3v) is 4.95. The van der Waals surface area contributed by atoms with Crippen molar-refractivity contribution >= 4 is 17.9 Å². The quantitative estimate of drug-likeness (QED) is 0.681. The van der Waals surface area contributed by atoms with Gasteiger partial charge in [-0.05, 0) is 58.6 Å². The molecule has 0 spiro atoms. The molecule has 28 heavy (non-hydrogen) atoms. The number of carbonyl (C=O) groups is 2. The summed E-state index contributed by atoms with van der Waals surface area (Å²) in [6.07, 6.45) is 3.10. The fourth-order valence-electron chi connectivity index (χ4n) is 3.24. The predicted molar refractivity (Wildman–Crippen MR) is 109 cm³/mol. The third kappa shape index (κ3) is 5.96. The molecular weight excluding hydrogens is 358 g/mol. The van der Waals surface area contributed by atoms with Crippen LogP contribution in [0.1, 0.15) is 53.0 Å². The SMILES string of the molecule is CCc1ccc(N2CCCC(C(=O)O)C2)cc1O[C@](C)(C=O)COC(C)(C)C. The van der Waals surface area contributed by atoms with Crippen molar-refractivity contribution in [3.05, 3.63) is 23.8 Å². The van der Waals surface area contributed by atoms with Crippen LogP contribution in [0, 0.1) is 5.92 Å². The van der Waals surface area contributed by atoms with Crippen molar-refractivity contribution in [1.29, 1.82) is 0 Å². The lowest BCUT2D eigenvalue weighted by Crippen LogP contribution is -2.42. The van der Waals surface area contributed by atoms with Gasteiger partial charge < -0.3 is 19.5 Å². The standard InChI is InChI=1S/C22H33NO5/c1-6-16-9-10-18(23-11-7-8-17(13-23)20(25)26)12-19(16)28-22(5,14-24)15-27-21(2,3)4/h9-10,12,14,17H,6-8,11,13,15H2,1-5H3,(H,25,26)/t17?,22-/m1/s1. The lowest BCUT2D eigenvalue weighted by Gasteiger charge is -2.34. The van der Waals surface area contributed by atoms with Gasteiger partial charge in [0.05, 0.1) is 18.1 Å². The first kappa shape index (κ1) is 22.2. The molecule has 6 heteroatoms. The highest BCUT2D eigenvalue weighted by Crippen LogP contribution is 2.32. The van der Waals surface area contributed by atoms with E-state index in [1.54, 1.807) is 6.92 Å². The first-order valence-electron chi connectivity index (χ1n) is 9.97. The average molecular weight is 392 g/mol. The minimum atomic E-state index is -1.10. The van der Waals surface area contributed by atoms with E-state index in [0.717, 1.165) is 36.9 Å². The molecule has 1 aliphatic heterocycles. The van der Waals surface area contributed by atoms with E-state index in [4.69, 9.17) is 9.47 Å². The summed E-state index contributed by atoms with van der Waals surface area (Å²) in [5.74, 6) is -0.465. The van der Waals surface area contributed by atoms with Crippen molar-refractivity contribution in [2.45, 2.75) is 65.1 Å². The molecule has 2 rings (SSSR count). The Morgan fingerprint density at radius 1 is 1.32 bits per heavy atom. The summed E-state index contributed by atoms with van der Waals surface area (Å²) in [5, 5.41) is 9.35. The second kappa shape index (κ2) is 8.95. The maximum Gasteiger partial charge on any atom is 0.308 e. The smallest absolute Gasteiger partial charge is 0.308 e. The van der Waals surface area contributed by atoms with Crippen LogP contribution in [-0.2, 0) is 20.7 Å². The van der Waals surface area contributed by atoms with Crippen molar-refractivity contribution in [2.75, 3.05) is 24.6 Å². The van der Waals surface area contributed by atoms with Crippen LogP contribution in [0.2, 0.25) is 0 Å². The molecular formula is C22H33NO5. The maximum atomic E-state index is 11.8. The number of rotatable bonds is 8. The molecule has 0 radical (unpaired) electrons. The van der Waals surface area contributed by atoms with Crippen LogP contribution in [0.25, 0.3) is 0 Å². The van der Waals surface area contributed by atoms with E-state index < -0.39 is 11.6 Å². The van der Waals surface area contributed by atoms with Gasteiger partial charge in [0.2, 0.25) is 0 Å². The monoisotopic (exact) mass is 391 g/mol. The number of hydrogen-bond donors (Lipinski definition) is 1. The minimum absolute atomic E-state index is 0.151. The summed E-state index contributed by atoms with van der Waals surface area (Å²) in [6.45, 7) is 11.0. The fraction of sp³-hybridized carbons (Fsp3) is 0.636. The molecule has 0 aromatic heterocycles. The summed E-state index contributed by atoms with van der Waals surface area (Å²) >= 11 is 0. The number of carbonyl (C=O) groups excluding carboxylic acids is 1. The average Bonchev–Trinajstić information content (AvgIpc) is 2.66. The van der Waals surface area contributed by atoms with E-state index in [1.807, 2.05) is 45.9 Å². The summed E-state index contributed by atoms with van der Waals surface area (Å²) in [7, 11) is 0. The Hall–Kier alpha value is -2.08. The van der Waals surface area contributed by atoms with Gasteiger partial charge >= 0.3 is 5.97 Å². The zero-order valence-corrected chi connectivity index (χ0v) is 17.7. The molecule has 2 atom stereocenters. The van der Waals surface area contributed by atoms with Crippen LogP contribution in [0.4, 0.5) is 5.69 Å². The van der Waals surface area contributed by atoms with E-state index >= 15 is 0 Å². The number of aldehydes is 1. The van der Waals surface area contributed by atoms with E-state index in [9.17, 15) is 14.7 Å². The van der Waals surface area contributed by atoms with Gasteiger partial charge in [0.15, 0.2) is 11.9 Å². The van der Waals surface area contributed by atoms with Gasteiger partial charge in [-0.1, -0.05) is 13.0 Å². The number of ether oxygens (including phenoxy) is 2. The zero-order valence-electron chi connectivity index (χ0n) is 17.7. The largest absolute Gasteiger partial charge is 0.481 e. The number of anilines is 1. The minimum Gasteiger partial charge on any atom is -0.481 e. The van der Waals surface area contributed by atoms with Crippen LogP contribution in [0.5, 0.6) is 5.75 Å². The number of carboxylic acids is 1. The van der Waals surface area contributed by atoms with Gasteiger partial charge in [0.1, 0.15) is 5.75 Å². The second-order valence-corrected chi connectivity index (χ2v) is 8.70. The van der Waals surface area contributed by atoms with E-state index in [1.165, 1.54) is 0 Å². The van der Waals surface area contributed by atoms with Crippen molar-refractivity contribution in [2.24, 2.45) is 5.92 Å². The lowest BCUT2D eigenvalue weighted by molar-refractivity contribution is -0.142. The summed E-state index contributed by atoms with van der Waals surface area (Å²) in [5.41, 5.74) is 0.451. The Morgan fingerprint density at radius 3 is 2.61 bits per heavy atom. The van der Waals surface area contributed by atoms with Gasteiger partial charge in [0.25, 0.3) is 0 Å². The molecule has 1 heterocycles. The maximum absolute atomic E-state index is 11.8. The predicted octanol–water partition coefficient (Wildman–Crippen LogP) is 3.70. The lowest BCUT2D eigenvalue weighted by atomic mass is 9.97. The molecule has 1 aromatic carbocycles. The molecule has 0 saturated carbocycles. The first-order chi connectivity index (χ1) is 13.1. The van der Waals surface area contributed by atoms with E-state index in [0.29, 0.717) is 18.7 Å². The molecule has 1 N–H and O–H groups in total. The highest BCUT2D eigenvalue weighted by atomic mass is 16.6. The van der Waals surface area contributed by atoms with Gasteiger partial charge in [0, 0.05) is 24.8 Å². The van der Waals surface area contributed by atoms with Crippen molar-refractivity contribution in [3.63, 3.8) is 0 Å². The molecule has 1 aromatic rings. The van der Waals surface area contributed by atoms with Crippen molar-refractivity contribution in [1.82, 2.24) is 0 Å². The van der Waals surface area contributed by atoms with Crippen molar-refractivity contribution < 1.29 is 24.2 Å². The number of carboxylic acid groups (broad SMARTS) is 1. The Bertz CT molecular complexity index is 697. The van der Waals surface area contributed by atoms with Gasteiger partial charge in [-0.3, -0.25) is 9.59 Å². The molecule has 1 unspecified atom stereocenters. The van der Waals surface area contributed by atoms with Gasteiger partial charge in [-0.15, -0.1) is 0 Å². The molecule has 0 amide bonds. The number of hydrogen-bond acceptors (Lipinski definition) is 5. The van der Waals surface area contributed by atoms with Crippen molar-refractivity contribution in [3.8, 4) is 5.75 Å². The second-order valence-electron chi connectivity index (χ2n) is 8.70. The molecule has 1 fully saturated rings. The third-order valence-electron chi connectivity index (χ3n) is 4.95. The van der Waals surface area contributed by atoms with Crippen LogP contribution in [0.3, 0.4) is 0 Å². The van der Waals surface area contributed by atoms with Crippen LogP contribution in [-0.4, -0.2) is 48.3 Å². The summed E-state index contributed by atoms with van der Waals surface area (Å²) in [6, 6.07) is 5.91. The molecule has 1 aliphatic rings. The number of piperidine rings is 1. The Labute approximate surface area is 167 Å². The highest BCUT2D eigenvalue weighted by molar-refractivity contribution is 5.71.